The lowest BCUT2D eigenvalue weighted by Gasteiger charge is -2.26. The first kappa shape index (κ1) is 12.6. The average molecular weight is 284 g/mol. The van der Waals surface area contributed by atoms with Gasteiger partial charge >= 0.3 is 0 Å². The number of para-hydroxylation sites is 1. The van der Waals surface area contributed by atoms with Crippen molar-refractivity contribution in [2.75, 3.05) is 13.2 Å². The molecule has 1 atom stereocenters. The number of aromatic amines is 1. The molecule has 5 nitrogen and oxygen atoms in total. The number of hydrogen-bond donors (Lipinski definition) is 1. The molecule has 5 heteroatoms. The number of aromatic nitrogens is 2. The topological polar surface area (TPSA) is 64.2 Å². The molecule has 0 spiro atoms. The quantitative estimate of drug-likeness (QED) is 0.866. The Labute approximate surface area is 121 Å². The molecule has 1 N–H and O–H groups in total. The summed E-state index contributed by atoms with van der Waals surface area (Å²) in [6, 6.07) is 7.96. The first-order valence-corrected chi connectivity index (χ1v) is 7.24. The SMILES string of the molecule is O=c1[nH]c(C2CCOc3ccccc32)nc2c1COCC2. The second-order valence-corrected chi connectivity index (χ2v) is 5.41. The van der Waals surface area contributed by atoms with Gasteiger partial charge in [-0.25, -0.2) is 4.98 Å². The van der Waals surface area contributed by atoms with Crippen molar-refractivity contribution in [3.05, 3.63) is 57.3 Å². The number of hydrogen-bond acceptors (Lipinski definition) is 4. The third kappa shape index (κ3) is 2.14. The second kappa shape index (κ2) is 5.00. The summed E-state index contributed by atoms with van der Waals surface area (Å²) < 4.78 is 11.0. The van der Waals surface area contributed by atoms with Gasteiger partial charge in [0.1, 0.15) is 11.6 Å². The van der Waals surface area contributed by atoms with E-state index in [9.17, 15) is 4.79 Å². The van der Waals surface area contributed by atoms with Crippen molar-refractivity contribution in [1.82, 2.24) is 9.97 Å². The van der Waals surface area contributed by atoms with Crippen molar-refractivity contribution in [1.29, 1.82) is 0 Å². The third-order valence-corrected chi connectivity index (χ3v) is 4.14. The first-order chi connectivity index (χ1) is 10.3. The highest BCUT2D eigenvalue weighted by molar-refractivity contribution is 5.41. The lowest BCUT2D eigenvalue weighted by Crippen LogP contribution is -2.27. The number of H-pyrrole nitrogens is 1. The number of benzene rings is 1. The van der Waals surface area contributed by atoms with E-state index in [-0.39, 0.29) is 11.5 Å². The fourth-order valence-electron chi connectivity index (χ4n) is 3.05. The van der Waals surface area contributed by atoms with Crippen molar-refractivity contribution >= 4 is 0 Å². The van der Waals surface area contributed by atoms with E-state index >= 15 is 0 Å². The van der Waals surface area contributed by atoms with Crippen molar-refractivity contribution < 1.29 is 9.47 Å². The van der Waals surface area contributed by atoms with E-state index < -0.39 is 0 Å². The number of nitrogens with one attached hydrogen (secondary N) is 1. The monoisotopic (exact) mass is 284 g/mol. The fourth-order valence-corrected chi connectivity index (χ4v) is 3.05. The van der Waals surface area contributed by atoms with Crippen molar-refractivity contribution in [3.63, 3.8) is 0 Å². The molecule has 0 bridgehead atoms. The van der Waals surface area contributed by atoms with Crippen LogP contribution in [0.1, 0.15) is 35.0 Å². The van der Waals surface area contributed by atoms with E-state index in [1.165, 1.54) is 0 Å². The molecule has 0 aliphatic carbocycles. The molecular weight excluding hydrogens is 268 g/mol. The van der Waals surface area contributed by atoms with E-state index in [0.717, 1.165) is 29.3 Å². The normalized spacial score (nSPS) is 20.3. The van der Waals surface area contributed by atoms with Gasteiger partial charge < -0.3 is 14.5 Å². The van der Waals surface area contributed by atoms with Crippen LogP contribution in [0.5, 0.6) is 5.75 Å². The van der Waals surface area contributed by atoms with E-state index in [1.54, 1.807) is 0 Å². The molecule has 0 saturated heterocycles. The zero-order chi connectivity index (χ0) is 14.2. The van der Waals surface area contributed by atoms with Gasteiger partial charge in [0.05, 0.1) is 31.1 Å². The summed E-state index contributed by atoms with van der Waals surface area (Å²) in [7, 11) is 0. The molecule has 21 heavy (non-hydrogen) atoms. The fraction of sp³-hybridized carbons (Fsp3) is 0.375. The van der Waals surface area contributed by atoms with Gasteiger partial charge in [0.2, 0.25) is 0 Å². The van der Waals surface area contributed by atoms with Crippen LogP contribution in [-0.4, -0.2) is 23.2 Å². The van der Waals surface area contributed by atoms with Crippen LogP contribution in [0.25, 0.3) is 0 Å². The van der Waals surface area contributed by atoms with Gasteiger partial charge in [-0.15, -0.1) is 0 Å². The Morgan fingerprint density at radius 3 is 3.10 bits per heavy atom. The minimum Gasteiger partial charge on any atom is -0.493 e. The van der Waals surface area contributed by atoms with Gasteiger partial charge in [0.15, 0.2) is 0 Å². The van der Waals surface area contributed by atoms with Crippen LogP contribution in [0.4, 0.5) is 0 Å². The Kier molecular flexibility index (Phi) is 3.00. The van der Waals surface area contributed by atoms with Gasteiger partial charge in [-0.05, 0) is 12.5 Å². The number of rotatable bonds is 1. The minimum absolute atomic E-state index is 0.0707. The molecule has 0 amide bonds. The van der Waals surface area contributed by atoms with E-state index in [2.05, 4.69) is 4.98 Å². The predicted molar refractivity (Wildman–Crippen MR) is 76.6 cm³/mol. The number of ether oxygens (including phenoxy) is 2. The highest BCUT2D eigenvalue weighted by atomic mass is 16.5. The molecular formula is C16H16N2O3. The van der Waals surface area contributed by atoms with Crippen molar-refractivity contribution in [2.45, 2.75) is 25.4 Å². The Morgan fingerprint density at radius 2 is 2.14 bits per heavy atom. The summed E-state index contributed by atoms with van der Waals surface area (Å²) in [5.74, 6) is 1.73. The molecule has 2 aromatic rings. The summed E-state index contributed by atoms with van der Waals surface area (Å²) in [4.78, 5) is 19.9. The molecule has 0 saturated carbocycles. The summed E-state index contributed by atoms with van der Waals surface area (Å²) in [5.41, 5.74) is 2.58. The Balaban J connectivity index is 1.81. The van der Waals surface area contributed by atoms with Crippen LogP contribution in [0.3, 0.4) is 0 Å². The van der Waals surface area contributed by atoms with E-state index in [4.69, 9.17) is 14.5 Å². The molecule has 4 rings (SSSR count). The standard InChI is InChI=1S/C16H16N2O3/c19-16-12-9-20-7-6-13(12)17-15(18-16)11-5-8-21-14-4-2-1-3-10(11)14/h1-4,11H,5-9H2,(H,17,18,19). The van der Waals surface area contributed by atoms with Gasteiger partial charge in [-0.3, -0.25) is 4.79 Å². The highest BCUT2D eigenvalue weighted by Gasteiger charge is 2.26. The van der Waals surface area contributed by atoms with Gasteiger partial charge in [-0.1, -0.05) is 18.2 Å². The maximum Gasteiger partial charge on any atom is 0.256 e. The smallest absolute Gasteiger partial charge is 0.256 e. The molecule has 2 aliphatic rings. The summed E-state index contributed by atoms with van der Waals surface area (Å²) >= 11 is 0. The maximum atomic E-state index is 12.2. The van der Waals surface area contributed by atoms with Crippen molar-refractivity contribution in [2.24, 2.45) is 0 Å². The molecule has 3 heterocycles. The lowest BCUT2D eigenvalue weighted by atomic mass is 9.92. The van der Waals surface area contributed by atoms with Crippen LogP contribution in [-0.2, 0) is 17.8 Å². The van der Waals surface area contributed by atoms with Crippen LogP contribution in [0.15, 0.2) is 29.1 Å². The summed E-state index contributed by atoms with van der Waals surface area (Å²) in [6.07, 6.45) is 1.53. The first-order valence-electron chi connectivity index (χ1n) is 7.24. The number of fused-ring (bicyclic) bond motifs is 2. The summed E-state index contributed by atoms with van der Waals surface area (Å²) in [6.45, 7) is 1.64. The summed E-state index contributed by atoms with van der Waals surface area (Å²) in [5, 5.41) is 0. The molecule has 0 radical (unpaired) electrons. The zero-order valence-electron chi connectivity index (χ0n) is 11.6. The molecule has 2 aliphatic heterocycles. The van der Waals surface area contributed by atoms with Gasteiger partial charge in [-0.2, -0.15) is 0 Å². The Hall–Kier alpha value is -2.14. The van der Waals surface area contributed by atoms with Crippen LogP contribution in [0, 0.1) is 0 Å². The molecule has 108 valence electrons. The van der Waals surface area contributed by atoms with Crippen molar-refractivity contribution in [3.8, 4) is 5.75 Å². The average Bonchev–Trinajstić information content (AvgIpc) is 2.54. The third-order valence-electron chi connectivity index (χ3n) is 4.14. The highest BCUT2D eigenvalue weighted by Crippen LogP contribution is 2.36. The second-order valence-electron chi connectivity index (χ2n) is 5.41. The zero-order valence-corrected chi connectivity index (χ0v) is 11.6. The Bertz CT molecular complexity index is 739. The van der Waals surface area contributed by atoms with E-state index in [0.29, 0.717) is 31.8 Å². The lowest BCUT2D eigenvalue weighted by molar-refractivity contribution is 0.107. The number of nitrogens with zero attached hydrogens (tertiary/aromatic N) is 1. The Morgan fingerprint density at radius 1 is 1.24 bits per heavy atom. The van der Waals surface area contributed by atoms with Crippen LogP contribution in [0.2, 0.25) is 0 Å². The molecule has 1 aromatic carbocycles. The minimum atomic E-state index is -0.0707. The molecule has 0 fully saturated rings. The largest absolute Gasteiger partial charge is 0.493 e. The van der Waals surface area contributed by atoms with Gasteiger partial charge in [0.25, 0.3) is 5.56 Å². The van der Waals surface area contributed by atoms with Crippen LogP contribution >= 0.6 is 0 Å². The predicted octanol–water partition coefficient (Wildman–Crippen LogP) is 1.76. The molecule has 1 aromatic heterocycles. The van der Waals surface area contributed by atoms with E-state index in [1.807, 2.05) is 24.3 Å². The van der Waals surface area contributed by atoms with Gasteiger partial charge in [0, 0.05) is 17.9 Å². The van der Waals surface area contributed by atoms with Crippen LogP contribution < -0.4 is 10.3 Å². The molecule has 1 unspecified atom stereocenters. The maximum absolute atomic E-state index is 12.2.